The second-order valence-corrected chi connectivity index (χ2v) is 9.77. The average molecular weight is 502 g/mol. The molecule has 2 N–H and O–H groups in total. The number of carbonyl (C=O) groups is 3. The van der Waals surface area contributed by atoms with Gasteiger partial charge in [-0.1, -0.05) is 79.9 Å². The zero-order valence-corrected chi connectivity index (χ0v) is 21.3. The van der Waals surface area contributed by atoms with Crippen molar-refractivity contribution in [3.63, 3.8) is 0 Å². The number of hydrogen-bond acceptors (Lipinski definition) is 5. The smallest absolute Gasteiger partial charge is 0.264 e. The van der Waals surface area contributed by atoms with E-state index in [0.29, 0.717) is 24.6 Å². The molecule has 2 amide bonds. The Kier molecular flexibility index (Phi) is 9.24. The number of hydrogen-bond donors (Lipinski definition) is 2. The van der Waals surface area contributed by atoms with Crippen LogP contribution in [0, 0.1) is 5.92 Å². The van der Waals surface area contributed by atoms with Crippen LogP contribution in [0.15, 0.2) is 71.3 Å². The molecule has 1 aliphatic rings. The molecule has 4 rings (SSSR count). The van der Waals surface area contributed by atoms with E-state index in [9.17, 15) is 14.4 Å². The van der Waals surface area contributed by atoms with Crippen molar-refractivity contribution in [2.45, 2.75) is 63.8 Å². The highest BCUT2D eigenvalue weighted by Gasteiger charge is 2.28. The van der Waals surface area contributed by atoms with Gasteiger partial charge in [0.2, 0.25) is 17.6 Å². The predicted octanol–water partition coefficient (Wildman–Crippen LogP) is 5.29. The Morgan fingerprint density at radius 3 is 2.32 bits per heavy atom. The molecule has 1 aromatic heterocycles. The number of rotatable bonds is 11. The van der Waals surface area contributed by atoms with Crippen LogP contribution in [0.2, 0.25) is 0 Å². The SMILES string of the molecule is CC(=O)NC(CC(=O)NCCC(C(=O)c1ncc(-c2ccccc2)o1)c1ccccc1)C1CCCCC1. The monoisotopic (exact) mass is 501 g/mol. The molecule has 2 unspecified atom stereocenters. The Bertz CT molecular complexity index is 1170. The van der Waals surface area contributed by atoms with Crippen LogP contribution in [0.3, 0.4) is 0 Å². The molecular formula is C30H35N3O4. The lowest BCUT2D eigenvalue weighted by Gasteiger charge is -2.30. The minimum atomic E-state index is -0.506. The molecule has 2 atom stereocenters. The van der Waals surface area contributed by atoms with E-state index >= 15 is 0 Å². The quantitative estimate of drug-likeness (QED) is 0.348. The van der Waals surface area contributed by atoms with Crippen LogP contribution in [0.4, 0.5) is 0 Å². The number of benzene rings is 2. The summed E-state index contributed by atoms with van der Waals surface area (Å²) in [6.45, 7) is 1.82. The Hall–Kier alpha value is -3.74. The minimum Gasteiger partial charge on any atom is -0.434 e. The van der Waals surface area contributed by atoms with Crippen LogP contribution in [-0.2, 0) is 9.59 Å². The van der Waals surface area contributed by atoms with E-state index in [0.717, 1.165) is 36.8 Å². The summed E-state index contributed by atoms with van der Waals surface area (Å²) in [6.07, 6.45) is 7.77. The number of nitrogens with one attached hydrogen (secondary N) is 2. The van der Waals surface area contributed by atoms with Gasteiger partial charge in [0.15, 0.2) is 5.76 Å². The Morgan fingerprint density at radius 2 is 1.65 bits per heavy atom. The van der Waals surface area contributed by atoms with Gasteiger partial charge in [-0.15, -0.1) is 0 Å². The fourth-order valence-corrected chi connectivity index (χ4v) is 5.17. The van der Waals surface area contributed by atoms with Crippen molar-refractivity contribution < 1.29 is 18.8 Å². The molecular weight excluding hydrogens is 466 g/mol. The van der Waals surface area contributed by atoms with Gasteiger partial charge in [0.05, 0.1) is 12.1 Å². The molecule has 7 heteroatoms. The Balaban J connectivity index is 1.40. The van der Waals surface area contributed by atoms with E-state index in [1.807, 2.05) is 60.7 Å². The second-order valence-electron chi connectivity index (χ2n) is 9.77. The molecule has 7 nitrogen and oxygen atoms in total. The summed E-state index contributed by atoms with van der Waals surface area (Å²) in [4.78, 5) is 42.3. The highest BCUT2D eigenvalue weighted by Crippen LogP contribution is 2.29. The van der Waals surface area contributed by atoms with Gasteiger partial charge in [-0.2, -0.15) is 0 Å². The van der Waals surface area contributed by atoms with Crippen molar-refractivity contribution in [3.05, 3.63) is 78.3 Å². The van der Waals surface area contributed by atoms with Crippen molar-refractivity contribution >= 4 is 17.6 Å². The minimum absolute atomic E-state index is 0.0575. The Morgan fingerprint density at radius 1 is 0.973 bits per heavy atom. The maximum atomic E-state index is 13.5. The maximum Gasteiger partial charge on any atom is 0.264 e. The predicted molar refractivity (Wildman–Crippen MR) is 142 cm³/mol. The largest absolute Gasteiger partial charge is 0.434 e. The fraction of sp³-hybridized carbons (Fsp3) is 0.400. The third-order valence-corrected chi connectivity index (χ3v) is 7.06. The summed E-state index contributed by atoms with van der Waals surface area (Å²) in [5.41, 5.74) is 1.70. The molecule has 1 heterocycles. The lowest BCUT2D eigenvalue weighted by Crippen LogP contribution is -2.43. The molecule has 1 aliphatic carbocycles. The summed E-state index contributed by atoms with van der Waals surface area (Å²) in [6, 6.07) is 18.9. The molecule has 1 saturated carbocycles. The molecule has 0 radical (unpaired) electrons. The summed E-state index contributed by atoms with van der Waals surface area (Å²) in [5, 5.41) is 5.96. The lowest BCUT2D eigenvalue weighted by molar-refractivity contribution is -0.123. The normalized spacial score (nSPS) is 15.5. The van der Waals surface area contributed by atoms with Crippen molar-refractivity contribution in [3.8, 4) is 11.3 Å². The number of nitrogens with zero attached hydrogens (tertiary/aromatic N) is 1. The van der Waals surface area contributed by atoms with Crippen molar-refractivity contribution in [2.24, 2.45) is 5.92 Å². The fourth-order valence-electron chi connectivity index (χ4n) is 5.17. The van der Waals surface area contributed by atoms with E-state index < -0.39 is 5.92 Å². The molecule has 0 bridgehead atoms. The maximum absolute atomic E-state index is 13.5. The zero-order chi connectivity index (χ0) is 26.0. The topological polar surface area (TPSA) is 101 Å². The highest BCUT2D eigenvalue weighted by atomic mass is 16.4. The standard InChI is InChI=1S/C30H35N3O4/c1-21(34)33-26(23-13-7-3-8-14-23)19-28(35)31-18-17-25(22-11-5-2-6-12-22)29(36)30-32-20-27(37-30)24-15-9-4-10-16-24/h2,4-6,9-12,15-16,20,23,25-26H,3,7-8,13-14,17-19H2,1H3,(H,31,35)(H,33,34). The first-order chi connectivity index (χ1) is 18.0. The van der Waals surface area contributed by atoms with Crippen LogP contribution in [0.5, 0.6) is 0 Å². The molecule has 37 heavy (non-hydrogen) atoms. The van der Waals surface area contributed by atoms with Crippen LogP contribution in [0.1, 0.15) is 74.0 Å². The molecule has 0 saturated heterocycles. The van der Waals surface area contributed by atoms with E-state index in [4.69, 9.17) is 4.42 Å². The molecule has 3 aromatic rings. The number of Topliss-reactive ketones (excluding diaryl/α,β-unsaturated/α-hetero) is 1. The van der Waals surface area contributed by atoms with Crippen molar-refractivity contribution in [1.82, 2.24) is 15.6 Å². The van der Waals surface area contributed by atoms with Gasteiger partial charge in [-0.25, -0.2) is 4.98 Å². The summed E-state index contributed by atoms with van der Waals surface area (Å²) >= 11 is 0. The third-order valence-electron chi connectivity index (χ3n) is 7.06. The molecule has 2 aromatic carbocycles. The van der Waals surface area contributed by atoms with Gasteiger partial charge >= 0.3 is 0 Å². The van der Waals surface area contributed by atoms with Gasteiger partial charge in [0.1, 0.15) is 0 Å². The summed E-state index contributed by atoms with van der Waals surface area (Å²) in [5.74, 6) is -0.0389. The van der Waals surface area contributed by atoms with Crippen molar-refractivity contribution in [2.75, 3.05) is 6.54 Å². The van der Waals surface area contributed by atoms with E-state index in [-0.39, 0.29) is 36.0 Å². The number of carbonyl (C=O) groups excluding carboxylic acids is 3. The number of amides is 2. The lowest BCUT2D eigenvalue weighted by atomic mass is 9.82. The van der Waals surface area contributed by atoms with Crippen LogP contribution in [-0.4, -0.2) is 35.2 Å². The molecule has 0 aliphatic heterocycles. The highest BCUT2D eigenvalue weighted by molar-refractivity contribution is 5.97. The van der Waals surface area contributed by atoms with Crippen LogP contribution < -0.4 is 10.6 Å². The average Bonchev–Trinajstić information content (AvgIpc) is 3.42. The molecule has 194 valence electrons. The third kappa shape index (κ3) is 7.38. The Labute approximate surface area is 218 Å². The van der Waals surface area contributed by atoms with E-state index in [1.165, 1.54) is 13.3 Å². The number of oxazole rings is 1. The van der Waals surface area contributed by atoms with E-state index in [2.05, 4.69) is 15.6 Å². The van der Waals surface area contributed by atoms with E-state index in [1.54, 1.807) is 6.20 Å². The molecule has 1 fully saturated rings. The van der Waals surface area contributed by atoms with Gasteiger partial charge in [-0.3, -0.25) is 14.4 Å². The van der Waals surface area contributed by atoms with Gasteiger partial charge in [-0.05, 0) is 30.7 Å². The number of aromatic nitrogens is 1. The zero-order valence-electron chi connectivity index (χ0n) is 21.3. The van der Waals surface area contributed by atoms with Crippen molar-refractivity contribution in [1.29, 1.82) is 0 Å². The first-order valence-corrected chi connectivity index (χ1v) is 13.2. The summed E-state index contributed by atoms with van der Waals surface area (Å²) in [7, 11) is 0. The van der Waals surface area contributed by atoms with Crippen LogP contribution in [0.25, 0.3) is 11.3 Å². The van der Waals surface area contributed by atoms with Gasteiger partial charge in [0.25, 0.3) is 5.89 Å². The molecule has 0 spiro atoms. The van der Waals surface area contributed by atoms with Gasteiger partial charge < -0.3 is 15.1 Å². The first-order valence-electron chi connectivity index (χ1n) is 13.2. The number of ketones is 1. The second kappa shape index (κ2) is 13.0. The van der Waals surface area contributed by atoms with Crippen LogP contribution >= 0.6 is 0 Å². The first kappa shape index (κ1) is 26.3. The van der Waals surface area contributed by atoms with Gasteiger partial charge in [0, 0.05) is 31.5 Å². The summed E-state index contributed by atoms with van der Waals surface area (Å²) < 4.78 is 5.83.